The van der Waals surface area contributed by atoms with Crippen molar-refractivity contribution in [2.45, 2.75) is 93.3 Å². The molecule has 0 aromatic carbocycles. The molecule has 0 radical (unpaired) electrons. The summed E-state index contributed by atoms with van der Waals surface area (Å²) in [5, 5.41) is -7.04. The maximum atomic E-state index is 14.6. The Morgan fingerprint density at radius 3 is 1.65 bits per heavy atom. The third-order valence-electron chi connectivity index (χ3n) is 7.91. The molecule has 1 aromatic heterocycles. The van der Waals surface area contributed by atoms with E-state index >= 15 is 0 Å². The predicted octanol–water partition coefficient (Wildman–Crippen LogP) is 9.29. The fourth-order valence-corrected chi connectivity index (χ4v) is 5.86. The fourth-order valence-electron chi connectivity index (χ4n) is 4.44. The molecular formula is C24H22ClF16NO3S. The molecule has 4 nitrogen and oxygen atoms in total. The number of carbonyl (C=O) groups excluding carboxylic acids is 2. The standard InChI is InChI=1S/C24H22ClF16NO3S/c1-5-16(2,3)9-6-7-10-11(8-9)46-13(12(10)14(43)45-4)42-15(44)17(26,27)18(28,29)19(30,31)20(32,33)21(34,35)22(36,37)23(38,39)24(25,40)41/h9H,5-8H2,1-4H3,(H,42,44). The van der Waals surface area contributed by atoms with Gasteiger partial charge in [0.15, 0.2) is 0 Å². The van der Waals surface area contributed by atoms with Crippen LogP contribution in [0, 0.1) is 11.3 Å². The van der Waals surface area contributed by atoms with Crippen LogP contribution in [-0.4, -0.2) is 65.8 Å². The van der Waals surface area contributed by atoms with Gasteiger partial charge in [0, 0.05) is 4.88 Å². The van der Waals surface area contributed by atoms with Crippen LogP contribution in [0.4, 0.5) is 75.2 Å². The number of esters is 1. The number of hydrogen-bond donors (Lipinski definition) is 1. The molecule has 1 N–H and O–H groups in total. The highest BCUT2D eigenvalue weighted by molar-refractivity contribution is 7.17. The highest BCUT2D eigenvalue weighted by Crippen LogP contribution is 2.64. The lowest BCUT2D eigenvalue weighted by atomic mass is 9.69. The fraction of sp³-hybridized carbons (Fsp3) is 0.750. The number of nitrogens with one attached hydrogen (secondary N) is 1. The Kier molecular flexibility index (Phi) is 10.2. The Balaban J connectivity index is 2.59. The lowest BCUT2D eigenvalue weighted by molar-refractivity contribution is -0.445. The minimum atomic E-state index is -8.71. The zero-order valence-electron chi connectivity index (χ0n) is 23.5. The van der Waals surface area contributed by atoms with E-state index in [2.05, 4.69) is 16.3 Å². The molecule has 266 valence electrons. The van der Waals surface area contributed by atoms with Crippen molar-refractivity contribution in [3.63, 3.8) is 0 Å². The highest BCUT2D eigenvalue weighted by Gasteiger charge is 2.95. The predicted molar refractivity (Wildman–Crippen MR) is 129 cm³/mol. The van der Waals surface area contributed by atoms with Crippen molar-refractivity contribution in [2.75, 3.05) is 12.4 Å². The van der Waals surface area contributed by atoms with E-state index in [9.17, 15) is 79.8 Å². The largest absolute Gasteiger partial charge is 0.465 e. The van der Waals surface area contributed by atoms with Crippen LogP contribution in [-0.2, 0) is 22.4 Å². The zero-order chi connectivity index (χ0) is 36.5. The molecule has 0 saturated carbocycles. The number of ether oxygens (including phenoxy) is 1. The van der Waals surface area contributed by atoms with E-state index in [0.29, 0.717) is 12.8 Å². The van der Waals surface area contributed by atoms with Gasteiger partial charge in [-0.1, -0.05) is 27.2 Å². The number of halogens is 17. The molecule has 1 heterocycles. The molecular weight excluding hydrogens is 722 g/mol. The van der Waals surface area contributed by atoms with E-state index in [1.165, 1.54) is 0 Å². The summed E-state index contributed by atoms with van der Waals surface area (Å²) in [5.74, 6) is -62.8. The molecule has 1 amide bonds. The number of methoxy groups -OCH3 is 1. The first-order valence-electron chi connectivity index (χ1n) is 12.5. The van der Waals surface area contributed by atoms with Crippen LogP contribution in [0.15, 0.2) is 0 Å². The van der Waals surface area contributed by atoms with E-state index in [-0.39, 0.29) is 46.0 Å². The molecule has 0 aliphatic heterocycles. The van der Waals surface area contributed by atoms with Crippen LogP contribution in [0.25, 0.3) is 0 Å². The average Bonchev–Trinajstić information content (AvgIpc) is 3.28. The summed E-state index contributed by atoms with van der Waals surface area (Å²) in [6, 6.07) is 0. The molecule has 0 fully saturated rings. The van der Waals surface area contributed by atoms with Gasteiger partial charge in [-0.3, -0.25) is 4.79 Å². The highest BCUT2D eigenvalue weighted by atomic mass is 35.5. The van der Waals surface area contributed by atoms with Crippen LogP contribution in [0.2, 0.25) is 0 Å². The lowest BCUT2D eigenvalue weighted by Crippen LogP contribution is -2.75. The monoisotopic (exact) mass is 743 g/mol. The van der Waals surface area contributed by atoms with Crippen molar-refractivity contribution in [1.82, 2.24) is 0 Å². The summed E-state index contributed by atoms with van der Waals surface area (Å²) >= 11 is 3.78. The van der Waals surface area contributed by atoms with Gasteiger partial charge in [0.1, 0.15) is 5.00 Å². The number of thiophene rings is 1. The van der Waals surface area contributed by atoms with Crippen molar-refractivity contribution in [3.8, 4) is 0 Å². The quantitative estimate of drug-likeness (QED) is 0.132. The van der Waals surface area contributed by atoms with Gasteiger partial charge in [-0.15, -0.1) is 11.3 Å². The molecule has 1 aliphatic rings. The van der Waals surface area contributed by atoms with Crippen LogP contribution >= 0.6 is 22.9 Å². The molecule has 0 spiro atoms. The van der Waals surface area contributed by atoms with Gasteiger partial charge < -0.3 is 10.1 Å². The van der Waals surface area contributed by atoms with Gasteiger partial charge in [0.2, 0.25) is 0 Å². The molecule has 1 aromatic rings. The second kappa shape index (κ2) is 11.7. The summed E-state index contributed by atoms with van der Waals surface area (Å²) in [6.07, 6.45) is 1.08. The molecule has 46 heavy (non-hydrogen) atoms. The Hall–Kier alpha value is -2.19. The number of rotatable bonds is 12. The van der Waals surface area contributed by atoms with Gasteiger partial charge in [-0.05, 0) is 47.8 Å². The Bertz CT molecular complexity index is 1340. The molecule has 0 bridgehead atoms. The number of carbonyl (C=O) groups is 2. The van der Waals surface area contributed by atoms with E-state index in [4.69, 9.17) is 0 Å². The second-order valence-corrected chi connectivity index (χ2v) is 12.5. The number of hydrogen-bond acceptors (Lipinski definition) is 4. The van der Waals surface area contributed by atoms with Crippen LogP contribution in [0.3, 0.4) is 0 Å². The average molecular weight is 744 g/mol. The SMILES string of the molecule is CCC(C)(C)C1CCc2c(sc(NC(=O)C(F)(F)C(F)(F)C(F)(F)C(F)(F)C(F)(F)C(F)(F)C(F)(F)C(F)(F)Cl)c2C(=O)OC)C1. The summed E-state index contributed by atoms with van der Waals surface area (Å²) in [4.78, 5) is 24.8. The minimum Gasteiger partial charge on any atom is -0.465 e. The van der Waals surface area contributed by atoms with Crippen molar-refractivity contribution in [2.24, 2.45) is 11.3 Å². The van der Waals surface area contributed by atoms with Crippen LogP contribution in [0.1, 0.15) is 54.4 Å². The normalized spacial score (nSPS) is 17.9. The van der Waals surface area contributed by atoms with Gasteiger partial charge in [0.25, 0.3) is 0 Å². The molecule has 1 unspecified atom stereocenters. The minimum absolute atomic E-state index is 0.00631. The van der Waals surface area contributed by atoms with Crippen LogP contribution in [0.5, 0.6) is 0 Å². The van der Waals surface area contributed by atoms with E-state index in [0.717, 1.165) is 12.4 Å². The third kappa shape index (κ3) is 5.67. The topological polar surface area (TPSA) is 55.4 Å². The van der Waals surface area contributed by atoms with E-state index < -0.39 is 69.3 Å². The Labute approximate surface area is 257 Å². The first kappa shape index (κ1) is 40.0. The summed E-state index contributed by atoms with van der Waals surface area (Å²) < 4.78 is 226. The van der Waals surface area contributed by atoms with Gasteiger partial charge in [-0.2, -0.15) is 70.2 Å². The molecule has 2 rings (SSSR count). The summed E-state index contributed by atoms with van der Waals surface area (Å²) in [6.45, 7) is 5.52. The number of amides is 1. The first-order valence-corrected chi connectivity index (χ1v) is 13.7. The molecule has 1 aliphatic carbocycles. The Morgan fingerprint density at radius 2 is 1.24 bits per heavy atom. The van der Waals surface area contributed by atoms with Gasteiger partial charge >= 0.3 is 58.7 Å². The van der Waals surface area contributed by atoms with Crippen molar-refractivity contribution >= 4 is 39.8 Å². The number of fused-ring (bicyclic) bond motifs is 1. The van der Waals surface area contributed by atoms with Crippen molar-refractivity contribution in [3.05, 3.63) is 16.0 Å². The number of alkyl halides is 17. The lowest BCUT2D eigenvalue weighted by Gasteiger charge is -2.42. The summed E-state index contributed by atoms with van der Waals surface area (Å²) in [5.41, 5.74) is -1.05. The molecule has 1 atom stereocenters. The maximum absolute atomic E-state index is 14.6. The van der Waals surface area contributed by atoms with Gasteiger partial charge in [0.05, 0.1) is 12.7 Å². The van der Waals surface area contributed by atoms with Crippen LogP contribution < -0.4 is 5.32 Å². The van der Waals surface area contributed by atoms with Gasteiger partial charge in [-0.25, -0.2) is 4.79 Å². The Morgan fingerprint density at radius 1 is 0.804 bits per heavy atom. The summed E-state index contributed by atoms with van der Waals surface area (Å²) in [7, 11) is 0.745. The zero-order valence-corrected chi connectivity index (χ0v) is 25.0. The maximum Gasteiger partial charge on any atom is 0.393 e. The van der Waals surface area contributed by atoms with E-state index in [1.54, 1.807) is 0 Å². The number of anilines is 1. The van der Waals surface area contributed by atoms with E-state index in [1.807, 2.05) is 20.8 Å². The first-order chi connectivity index (χ1) is 20.3. The van der Waals surface area contributed by atoms with Crippen molar-refractivity contribution in [1.29, 1.82) is 0 Å². The molecule has 22 heteroatoms. The second-order valence-electron chi connectivity index (χ2n) is 11.0. The smallest absolute Gasteiger partial charge is 0.393 e. The van der Waals surface area contributed by atoms with Crippen molar-refractivity contribution < 1.29 is 84.6 Å². The molecule has 0 saturated heterocycles. The third-order valence-corrected chi connectivity index (χ3v) is 9.31.